The average Bonchev–Trinajstić information content (AvgIpc) is 3.57. The first-order valence-electron chi connectivity index (χ1n) is 13.8. The van der Waals surface area contributed by atoms with Gasteiger partial charge in [-0.2, -0.15) is 0 Å². The van der Waals surface area contributed by atoms with Gasteiger partial charge in [-0.3, -0.25) is 14.2 Å². The summed E-state index contributed by atoms with van der Waals surface area (Å²) in [4.78, 5) is 32.2. The molecule has 5 nitrogen and oxygen atoms in total. The number of benzene rings is 4. The van der Waals surface area contributed by atoms with Crippen molar-refractivity contribution in [3.63, 3.8) is 0 Å². The first-order valence-corrected chi connectivity index (χ1v) is 17.3. The van der Waals surface area contributed by atoms with Gasteiger partial charge in [0.15, 0.2) is 17.2 Å². The molecule has 0 atom stereocenters. The van der Waals surface area contributed by atoms with Crippen molar-refractivity contribution in [2.45, 2.75) is 19.6 Å². The van der Waals surface area contributed by atoms with E-state index in [1.807, 2.05) is 61.6 Å². The van der Waals surface area contributed by atoms with Crippen LogP contribution in [0.3, 0.4) is 0 Å². The molecule has 0 fully saturated rings. The minimum absolute atomic E-state index is 0.147. The maximum Gasteiger partial charge on any atom is 0.197 e. The van der Waals surface area contributed by atoms with Gasteiger partial charge in [0.2, 0.25) is 0 Å². The van der Waals surface area contributed by atoms with E-state index in [9.17, 15) is 9.59 Å². The maximum absolute atomic E-state index is 13.6. The number of hydrogen-bond acceptors (Lipinski definition) is 3. The van der Waals surface area contributed by atoms with Crippen molar-refractivity contribution in [2.75, 3.05) is 0 Å². The molecule has 1 aliphatic carbocycles. The van der Waals surface area contributed by atoms with Gasteiger partial charge in [-0.15, -0.1) is 0 Å². The maximum atomic E-state index is 13.6. The molecule has 2 heterocycles. The number of fused-ring (bicyclic) bond motifs is 3. The molecule has 0 amide bonds. The van der Waals surface area contributed by atoms with Gasteiger partial charge in [-0.25, -0.2) is 4.98 Å². The van der Waals surface area contributed by atoms with Crippen LogP contribution >= 0.6 is 0 Å². The number of imidazole rings is 1. The normalized spacial score (nSPS) is 13.4. The fraction of sp³-hybridized carbons (Fsp3) is 0.114. The highest BCUT2D eigenvalue weighted by Gasteiger charge is 2.34. The Balaban J connectivity index is 1.42. The summed E-state index contributed by atoms with van der Waals surface area (Å²) >= 11 is 0. The number of aromatic nitrogens is 3. The van der Waals surface area contributed by atoms with Gasteiger partial charge < -0.3 is 4.57 Å². The summed E-state index contributed by atoms with van der Waals surface area (Å²) in [5, 5.41) is 3.24. The monoisotopic (exact) mass is 551 g/mol. The minimum Gasteiger partial charge on any atom is -0.327 e. The molecule has 7 rings (SSSR count). The Morgan fingerprint density at radius 3 is 1.90 bits per heavy atom. The Bertz CT molecular complexity index is 2000. The molecule has 4 aromatic carbocycles. The standard InChI is InChI=1S/C35H29N3O2Si/c1-37-30(22-10-6-5-7-11-22)21-31-35(37)36-32(38(31)25-14-16-26(17-15-25)41(2,3)4)20-29-33(39)27-18-23-12-8-9-13-24(23)19-28(27)34(29)40/h5-21H,1-4H3. The van der Waals surface area contributed by atoms with E-state index in [4.69, 9.17) is 4.98 Å². The molecule has 0 bridgehead atoms. The molecular weight excluding hydrogens is 522 g/mol. The van der Waals surface area contributed by atoms with Crippen LogP contribution in [0.2, 0.25) is 19.6 Å². The predicted molar refractivity (Wildman–Crippen MR) is 169 cm³/mol. The van der Waals surface area contributed by atoms with E-state index < -0.39 is 8.07 Å². The molecule has 6 aromatic rings. The van der Waals surface area contributed by atoms with E-state index in [1.165, 1.54) is 5.19 Å². The van der Waals surface area contributed by atoms with Crippen LogP contribution in [0.1, 0.15) is 26.5 Å². The molecule has 0 aliphatic heterocycles. The summed E-state index contributed by atoms with van der Waals surface area (Å²) < 4.78 is 4.13. The lowest BCUT2D eigenvalue weighted by Gasteiger charge is -2.17. The predicted octanol–water partition coefficient (Wildman–Crippen LogP) is 7.19. The molecule has 2 aromatic heterocycles. The summed E-state index contributed by atoms with van der Waals surface area (Å²) in [6.45, 7) is 6.99. The van der Waals surface area contributed by atoms with Crippen LogP contribution in [0.15, 0.2) is 103 Å². The summed E-state index contributed by atoms with van der Waals surface area (Å²) in [5.74, 6) is 0.0434. The van der Waals surface area contributed by atoms with Crippen molar-refractivity contribution >= 4 is 52.8 Å². The summed E-state index contributed by atoms with van der Waals surface area (Å²) in [6, 6.07) is 32.4. The SMILES string of the molecule is Cn1c(-c2ccccc2)cc2c1nc(C=C1C(=O)c3cc4ccccc4cc3C1=O)n2-c1ccc([Si](C)(C)C)cc1. The number of ketones is 2. The Kier molecular flexibility index (Phi) is 5.59. The van der Waals surface area contributed by atoms with E-state index >= 15 is 0 Å². The van der Waals surface area contributed by atoms with Crippen LogP contribution in [0.25, 0.3) is 45.0 Å². The van der Waals surface area contributed by atoms with Crippen molar-refractivity contribution < 1.29 is 9.59 Å². The van der Waals surface area contributed by atoms with E-state index in [-0.39, 0.29) is 17.1 Å². The zero-order chi connectivity index (χ0) is 28.5. The van der Waals surface area contributed by atoms with Crippen molar-refractivity contribution in [1.29, 1.82) is 0 Å². The van der Waals surface area contributed by atoms with Crippen LogP contribution in [0.4, 0.5) is 0 Å². The second kappa shape index (κ2) is 9.11. The van der Waals surface area contributed by atoms with Crippen molar-refractivity contribution in [3.8, 4) is 16.9 Å². The number of allylic oxidation sites excluding steroid dienone is 1. The van der Waals surface area contributed by atoms with Gasteiger partial charge in [0.1, 0.15) is 5.82 Å². The van der Waals surface area contributed by atoms with Gasteiger partial charge in [-0.1, -0.05) is 91.6 Å². The van der Waals surface area contributed by atoms with Crippen LogP contribution in [-0.4, -0.2) is 33.8 Å². The number of aryl methyl sites for hydroxylation is 1. The number of rotatable bonds is 4. The Labute approximate surface area is 239 Å². The van der Waals surface area contributed by atoms with E-state index in [1.54, 1.807) is 6.08 Å². The largest absolute Gasteiger partial charge is 0.327 e. The number of carbonyl (C=O) groups excluding carboxylic acids is 2. The summed E-state index contributed by atoms with van der Waals surface area (Å²) in [5.41, 5.74) is 5.83. The van der Waals surface area contributed by atoms with E-state index in [0.29, 0.717) is 17.0 Å². The molecule has 0 spiro atoms. The van der Waals surface area contributed by atoms with Crippen LogP contribution < -0.4 is 5.19 Å². The Hall–Kier alpha value is -4.81. The summed E-state index contributed by atoms with van der Waals surface area (Å²) in [7, 11) is 0.508. The van der Waals surface area contributed by atoms with E-state index in [2.05, 4.69) is 71.2 Å². The molecule has 1 aliphatic rings. The number of Topliss-reactive ketones (excluding diaryl/α,β-unsaturated/α-hetero) is 2. The zero-order valence-corrected chi connectivity index (χ0v) is 24.5. The first-order chi connectivity index (χ1) is 19.7. The second-order valence-corrected chi connectivity index (χ2v) is 16.8. The van der Waals surface area contributed by atoms with Crippen molar-refractivity contribution in [3.05, 3.63) is 120 Å². The van der Waals surface area contributed by atoms with Crippen LogP contribution in [0.5, 0.6) is 0 Å². The number of carbonyl (C=O) groups is 2. The zero-order valence-electron chi connectivity index (χ0n) is 23.5. The van der Waals surface area contributed by atoms with Gasteiger partial charge in [0.25, 0.3) is 0 Å². The quantitative estimate of drug-likeness (QED) is 0.132. The second-order valence-electron chi connectivity index (χ2n) is 11.7. The van der Waals surface area contributed by atoms with Crippen molar-refractivity contribution in [1.82, 2.24) is 14.1 Å². The molecule has 0 saturated heterocycles. The lowest BCUT2D eigenvalue weighted by atomic mass is 10.0. The van der Waals surface area contributed by atoms with Gasteiger partial charge in [0, 0.05) is 23.9 Å². The lowest BCUT2D eigenvalue weighted by Crippen LogP contribution is -2.37. The third-order valence-electron chi connectivity index (χ3n) is 8.07. The highest BCUT2D eigenvalue weighted by Crippen LogP contribution is 2.34. The average molecular weight is 552 g/mol. The third-order valence-corrected chi connectivity index (χ3v) is 10.1. The fourth-order valence-corrected chi connectivity index (χ4v) is 6.96. The molecule has 0 saturated carbocycles. The molecular formula is C35H29N3O2Si. The molecule has 6 heteroatoms. The fourth-order valence-electron chi connectivity index (χ4n) is 5.79. The molecule has 0 unspecified atom stereocenters. The van der Waals surface area contributed by atoms with Crippen molar-refractivity contribution in [2.24, 2.45) is 7.05 Å². The van der Waals surface area contributed by atoms with Crippen LogP contribution in [0, 0.1) is 0 Å². The number of nitrogens with zero attached hydrogens (tertiary/aromatic N) is 3. The smallest absolute Gasteiger partial charge is 0.197 e. The van der Waals surface area contributed by atoms with Gasteiger partial charge >= 0.3 is 0 Å². The molecule has 200 valence electrons. The van der Waals surface area contributed by atoms with Crippen LogP contribution in [-0.2, 0) is 7.05 Å². The Morgan fingerprint density at radius 2 is 1.32 bits per heavy atom. The minimum atomic E-state index is -1.49. The first kappa shape index (κ1) is 25.2. The number of hydrogen-bond donors (Lipinski definition) is 0. The lowest BCUT2D eigenvalue weighted by molar-refractivity contribution is 0.0990. The molecule has 0 radical (unpaired) electrons. The van der Waals surface area contributed by atoms with Gasteiger partial charge in [0.05, 0.1) is 24.9 Å². The highest BCUT2D eigenvalue weighted by molar-refractivity contribution is 6.88. The molecule has 0 N–H and O–H groups in total. The third kappa shape index (κ3) is 4.02. The Morgan fingerprint density at radius 1 is 0.732 bits per heavy atom. The summed E-state index contributed by atoms with van der Waals surface area (Å²) in [6.07, 6.45) is 1.67. The molecule has 41 heavy (non-hydrogen) atoms. The van der Waals surface area contributed by atoms with E-state index in [0.717, 1.165) is 38.9 Å². The highest BCUT2D eigenvalue weighted by atomic mass is 28.3. The topological polar surface area (TPSA) is 56.9 Å². The van der Waals surface area contributed by atoms with Gasteiger partial charge in [-0.05, 0) is 52.7 Å².